The monoisotopic (exact) mass is 304 g/mol. The summed E-state index contributed by atoms with van der Waals surface area (Å²) in [4.78, 5) is 40.9. The smallest absolute Gasteiger partial charge is 0.325 e. The molecule has 0 saturated carbocycles. The van der Waals surface area contributed by atoms with E-state index in [0.717, 1.165) is 16.2 Å². The molecule has 22 heavy (non-hydrogen) atoms. The highest BCUT2D eigenvalue weighted by atomic mass is 16.2. The summed E-state index contributed by atoms with van der Waals surface area (Å²) in [7, 11) is 0. The molecular formula is C15H20N4O3. The Labute approximate surface area is 129 Å². The fourth-order valence-corrected chi connectivity index (χ4v) is 2.21. The van der Waals surface area contributed by atoms with E-state index in [4.69, 9.17) is 0 Å². The Morgan fingerprint density at radius 3 is 2.59 bits per heavy atom. The summed E-state index contributed by atoms with van der Waals surface area (Å²) >= 11 is 0. The highest BCUT2D eigenvalue weighted by Crippen LogP contribution is 2.16. The zero-order valence-electron chi connectivity index (χ0n) is 13.1. The second kappa shape index (κ2) is 5.75. The van der Waals surface area contributed by atoms with Crippen LogP contribution in [0.5, 0.6) is 0 Å². The number of hydrogen-bond donors (Lipinski definition) is 2. The molecule has 1 fully saturated rings. The summed E-state index contributed by atoms with van der Waals surface area (Å²) in [5.74, 6) is -0.799. The molecule has 0 unspecified atom stereocenters. The van der Waals surface area contributed by atoms with E-state index in [1.165, 1.54) is 0 Å². The number of nitrogens with one attached hydrogen (secondary N) is 2. The van der Waals surface area contributed by atoms with E-state index in [1.807, 2.05) is 26.0 Å². The normalized spacial score (nSPS) is 18.1. The van der Waals surface area contributed by atoms with Crippen molar-refractivity contribution in [3.8, 4) is 0 Å². The van der Waals surface area contributed by atoms with E-state index < -0.39 is 23.4 Å². The summed E-state index contributed by atoms with van der Waals surface area (Å²) in [6.45, 7) is 6.61. The van der Waals surface area contributed by atoms with Crippen LogP contribution in [0, 0.1) is 6.92 Å². The number of aromatic nitrogens is 1. The first-order valence-electron chi connectivity index (χ1n) is 7.07. The summed E-state index contributed by atoms with van der Waals surface area (Å²) in [6, 6.07) is 2.94. The van der Waals surface area contributed by atoms with E-state index in [1.54, 1.807) is 20.0 Å². The van der Waals surface area contributed by atoms with Crippen molar-refractivity contribution < 1.29 is 14.4 Å². The Kier molecular flexibility index (Phi) is 4.16. The predicted molar refractivity (Wildman–Crippen MR) is 79.9 cm³/mol. The van der Waals surface area contributed by atoms with Gasteiger partial charge >= 0.3 is 6.03 Å². The van der Waals surface area contributed by atoms with Crippen molar-refractivity contribution in [2.45, 2.75) is 39.3 Å². The molecule has 1 aromatic rings. The van der Waals surface area contributed by atoms with Crippen LogP contribution in [0.3, 0.4) is 0 Å². The van der Waals surface area contributed by atoms with Crippen LogP contribution in [0.4, 0.5) is 4.79 Å². The minimum absolute atomic E-state index is 0.255. The van der Waals surface area contributed by atoms with Crippen LogP contribution in [0.1, 0.15) is 38.1 Å². The molecule has 2 N–H and O–H groups in total. The lowest BCUT2D eigenvalue weighted by Gasteiger charge is -2.18. The van der Waals surface area contributed by atoms with Crippen LogP contribution in [-0.2, 0) is 9.59 Å². The van der Waals surface area contributed by atoms with Gasteiger partial charge in [0, 0.05) is 11.9 Å². The number of carbonyl (C=O) groups is 3. The molecule has 118 valence electrons. The molecule has 1 saturated heterocycles. The molecule has 1 aromatic heterocycles. The maximum absolute atomic E-state index is 12.0. The zero-order chi connectivity index (χ0) is 16.5. The number of rotatable bonds is 4. The molecular weight excluding hydrogens is 284 g/mol. The van der Waals surface area contributed by atoms with Crippen LogP contribution in [0.15, 0.2) is 18.3 Å². The summed E-state index contributed by atoms with van der Waals surface area (Å²) < 4.78 is 0. The molecule has 1 aliphatic rings. The molecule has 1 aliphatic heterocycles. The number of pyridine rings is 1. The molecule has 4 amide bonds. The lowest BCUT2D eigenvalue weighted by molar-refractivity contribution is -0.134. The minimum atomic E-state index is -0.968. The maximum atomic E-state index is 12.0. The van der Waals surface area contributed by atoms with Crippen molar-refractivity contribution in [1.82, 2.24) is 20.5 Å². The minimum Gasteiger partial charge on any atom is -0.348 e. The first-order valence-corrected chi connectivity index (χ1v) is 7.07. The Balaban J connectivity index is 1.97. The SMILES string of the molecule is Cc1ccc([C@@H](C)NC(=O)CN2C(=O)NC(C)(C)C2=O)cn1. The zero-order valence-corrected chi connectivity index (χ0v) is 13.1. The summed E-state index contributed by atoms with van der Waals surface area (Å²) in [6.07, 6.45) is 1.69. The van der Waals surface area contributed by atoms with Gasteiger partial charge in [0.15, 0.2) is 0 Å². The van der Waals surface area contributed by atoms with E-state index in [9.17, 15) is 14.4 Å². The van der Waals surface area contributed by atoms with E-state index in [-0.39, 0.29) is 12.6 Å². The Hall–Kier alpha value is -2.44. The van der Waals surface area contributed by atoms with Gasteiger partial charge in [0.05, 0.1) is 6.04 Å². The van der Waals surface area contributed by atoms with E-state index in [2.05, 4.69) is 15.6 Å². The van der Waals surface area contributed by atoms with Crippen molar-refractivity contribution >= 4 is 17.8 Å². The lowest BCUT2D eigenvalue weighted by atomic mass is 10.1. The Morgan fingerprint density at radius 1 is 1.41 bits per heavy atom. The molecule has 7 heteroatoms. The van der Waals surface area contributed by atoms with Gasteiger partial charge in [-0.15, -0.1) is 0 Å². The lowest BCUT2D eigenvalue weighted by Crippen LogP contribution is -2.43. The number of urea groups is 1. The van der Waals surface area contributed by atoms with Gasteiger partial charge in [0.2, 0.25) is 5.91 Å². The third-order valence-corrected chi connectivity index (χ3v) is 3.56. The van der Waals surface area contributed by atoms with Gasteiger partial charge < -0.3 is 10.6 Å². The quantitative estimate of drug-likeness (QED) is 0.808. The third kappa shape index (κ3) is 3.24. The van der Waals surface area contributed by atoms with Crippen LogP contribution in [0.2, 0.25) is 0 Å². The van der Waals surface area contributed by atoms with Gasteiger partial charge in [-0.2, -0.15) is 0 Å². The highest BCUT2D eigenvalue weighted by Gasteiger charge is 2.44. The topological polar surface area (TPSA) is 91.4 Å². The second-order valence-corrected chi connectivity index (χ2v) is 5.97. The second-order valence-electron chi connectivity index (χ2n) is 5.97. The average Bonchev–Trinajstić information content (AvgIpc) is 2.61. The van der Waals surface area contributed by atoms with E-state index in [0.29, 0.717) is 0 Å². The van der Waals surface area contributed by atoms with Crippen molar-refractivity contribution in [1.29, 1.82) is 0 Å². The highest BCUT2D eigenvalue weighted by molar-refractivity contribution is 6.08. The fraction of sp³-hybridized carbons (Fsp3) is 0.467. The first kappa shape index (κ1) is 15.9. The van der Waals surface area contributed by atoms with Crippen molar-refractivity contribution in [2.75, 3.05) is 6.54 Å². The van der Waals surface area contributed by atoms with Crippen LogP contribution < -0.4 is 10.6 Å². The molecule has 0 bridgehead atoms. The largest absolute Gasteiger partial charge is 0.348 e. The Bertz CT molecular complexity index is 610. The molecule has 7 nitrogen and oxygen atoms in total. The van der Waals surface area contributed by atoms with Crippen molar-refractivity contribution in [3.63, 3.8) is 0 Å². The van der Waals surface area contributed by atoms with Crippen molar-refractivity contribution in [2.24, 2.45) is 0 Å². The number of imide groups is 1. The number of amides is 4. The van der Waals surface area contributed by atoms with Crippen LogP contribution >= 0.6 is 0 Å². The van der Waals surface area contributed by atoms with Gasteiger partial charge in [-0.25, -0.2) is 4.79 Å². The van der Waals surface area contributed by atoms with Gasteiger partial charge in [-0.3, -0.25) is 19.5 Å². The summed E-state index contributed by atoms with van der Waals surface area (Å²) in [5.41, 5.74) is 0.782. The predicted octanol–water partition coefficient (Wildman–Crippen LogP) is 0.898. The molecule has 0 aliphatic carbocycles. The molecule has 0 radical (unpaired) electrons. The number of nitrogens with zero attached hydrogens (tertiary/aromatic N) is 2. The average molecular weight is 304 g/mol. The molecule has 2 heterocycles. The third-order valence-electron chi connectivity index (χ3n) is 3.56. The van der Waals surface area contributed by atoms with Gasteiger partial charge in [-0.05, 0) is 39.3 Å². The number of aryl methyl sites for hydroxylation is 1. The first-order chi connectivity index (χ1) is 10.2. The van der Waals surface area contributed by atoms with Crippen LogP contribution in [0.25, 0.3) is 0 Å². The van der Waals surface area contributed by atoms with Gasteiger partial charge in [-0.1, -0.05) is 6.07 Å². The number of hydrogen-bond acceptors (Lipinski definition) is 4. The summed E-state index contributed by atoms with van der Waals surface area (Å²) in [5, 5.41) is 5.30. The number of carbonyl (C=O) groups excluding carboxylic acids is 3. The van der Waals surface area contributed by atoms with Gasteiger partial charge in [0.25, 0.3) is 5.91 Å². The standard InChI is InChI=1S/C15H20N4O3/c1-9-5-6-11(7-16-9)10(2)17-12(20)8-19-13(21)15(3,4)18-14(19)22/h5-7,10H,8H2,1-4H3,(H,17,20)(H,18,22)/t10-/m1/s1. The maximum Gasteiger partial charge on any atom is 0.325 e. The van der Waals surface area contributed by atoms with Crippen LogP contribution in [-0.4, -0.2) is 39.8 Å². The van der Waals surface area contributed by atoms with Gasteiger partial charge in [0.1, 0.15) is 12.1 Å². The molecule has 0 spiro atoms. The fourth-order valence-electron chi connectivity index (χ4n) is 2.21. The van der Waals surface area contributed by atoms with E-state index >= 15 is 0 Å². The Morgan fingerprint density at radius 2 is 2.09 bits per heavy atom. The van der Waals surface area contributed by atoms with Crippen molar-refractivity contribution in [3.05, 3.63) is 29.6 Å². The molecule has 0 aromatic carbocycles. The molecule has 1 atom stereocenters. The molecule has 2 rings (SSSR count).